The highest BCUT2D eigenvalue weighted by Gasteiger charge is 2.45. The number of aliphatic hydroxyl groups excluding tert-OH is 6. The van der Waals surface area contributed by atoms with Crippen LogP contribution < -0.4 is 18.9 Å². The first kappa shape index (κ1) is 27.2. The summed E-state index contributed by atoms with van der Waals surface area (Å²) in [7, 11) is 1.41. The molecule has 37 heavy (non-hydrogen) atoms. The zero-order valence-corrected chi connectivity index (χ0v) is 20.1. The van der Waals surface area contributed by atoms with E-state index in [2.05, 4.69) is 0 Å². The van der Waals surface area contributed by atoms with Crippen LogP contribution in [-0.2, 0) is 11.2 Å². The van der Waals surface area contributed by atoms with Crippen molar-refractivity contribution in [3.63, 3.8) is 0 Å². The molecule has 204 valence electrons. The predicted octanol–water partition coefficient (Wildman–Crippen LogP) is -0.622. The fraction of sp³-hybridized carbons (Fsp3) is 0.520. The third-order valence-electron chi connectivity index (χ3n) is 6.37. The number of aliphatic hydroxyl groups is 6. The third kappa shape index (κ3) is 5.55. The highest BCUT2D eigenvalue weighted by molar-refractivity contribution is 5.56. The molecule has 2 aromatic carbocycles. The molecule has 0 saturated carbocycles. The van der Waals surface area contributed by atoms with Crippen molar-refractivity contribution >= 4 is 0 Å². The molecule has 2 aromatic rings. The number of methoxy groups -OCH3 is 1. The summed E-state index contributed by atoms with van der Waals surface area (Å²) in [6.45, 7) is -1.12. The van der Waals surface area contributed by atoms with Crippen LogP contribution in [0.1, 0.15) is 23.7 Å². The topological polar surface area (TPSA) is 188 Å². The Morgan fingerprint density at radius 2 is 1.62 bits per heavy atom. The predicted molar refractivity (Wildman–Crippen MR) is 126 cm³/mol. The summed E-state index contributed by atoms with van der Waals surface area (Å²) < 4.78 is 28.8. The number of hydrogen-bond acceptors (Lipinski definition) is 12. The first-order valence-electron chi connectivity index (χ1n) is 11.9. The summed E-state index contributed by atoms with van der Waals surface area (Å²) in [5.74, 6) is 0.565. The Labute approximate surface area is 212 Å². The van der Waals surface area contributed by atoms with Crippen LogP contribution in [0.5, 0.6) is 28.7 Å². The number of hydrogen-bond donors (Lipinski definition) is 7. The first-order valence-corrected chi connectivity index (χ1v) is 11.9. The molecule has 1 fully saturated rings. The second-order valence-electron chi connectivity index (χ2n) is 8.87. The minimum Gasteiger partial charge on any atom is -0.504 e. The Morgan fingerprint density at radius 3 is 2.30 bits per heavy atom. The smallest absolute Gasteiger partial charge is 0.229 e. The molecular weight excluding hydrogens is 492 g/mol. The zero-order valence-electron chi connectivity index (χ0n) is 20.1. The molecule has 0 spiro atoms. The molecule has 0 aromatic heterocycles. The summed E-state index contributed by atoms with van der Waals surface area (Å²) in [5.41, 5.74) is 1.26. The number of phenols is 1. The standard InChI is InChI=1S/C25H32O12/c1-33-15-9-13(4-5-14(15)29)23-19(11-28)35-24-16(34-23)7-12(3-2-6-26)8-17(24)36-25-22(32)21(31)20(30)18(10-27)37-25/h4-5,7-9,18-23,25-32H,2-3,6,10-11H2,1H3/t18-,19+,20-,21+,22-,23+,25-/m1/s1. The van der Waals surface area contributed by atoms with Crippen molar-refractivity contribution < 1.29 is 59.4 Å². The molecule has 7 atom stereocenters. The van der Waals surface area contributed by atoms with E-state index in [1.165, 1.54) is 13.2 Å². The van der Waals surface area contributed by atoms with Crippen molar-refractivity contribution in [3.05, 3.63) is 41.5 Å². The van der Waals surface area contributed by atoms with Gasteiger partial charge in [-0.1, -0.05) is 6.07 Å². The Kier molecular flexibility index (Phi) is 8.60. The average Bonchev–Trinajstić information content (AvgIpc) is 2.91. The quantitative estimate of drug-likeness (QED) is 0.221. The number of phenolic OH excluding ortho intramolecular Hbond substituents is 1. The molecule has 12 heteroatoms. The summed E-state index contributed by atoms with van der Waals surface area (Å²) in [6, 6.07) is 7.91. The molecule has 0 radical (unpaired) electrons. The largest absolute Gasteiger partial charge is 0.504 e. The lowest BCUT2D eigenvalue weighted by atomic mass is 9.99. The van der Waals surface area contributed by atoms with Crippen molar-refractivity contribution in [2.75, 3.05) is 26.9 Å². The molecule has 7 N–H and O–H groups in total. The normalized spacial score (nSPS) is 29.1. The van der Waals surface area contributed by atoms with Gasteiger partial charge < -0.3 is 59.4 Å². The van der Waals surface area contributed by atoms with Crippen LogP contribution in [-0.4, -0.2) is 99.5 Å². The second kappa shape index (κ2) is 11.7. The number of aryl methyl sites for hydroxylation is 1. The lowest BCUT2D eigenvalue weighted by Crippen LogP contribution is -2.60. The monoisotopic (exact) mass is 524 g/mol. The summed E-state index contributed by atoms with van der Waals surface area (Å²) in [5, 5.41) is 69.5. The molecule has 2 heterocycles. The van der Waals surface area contributed by atoms with Crippen LogP contribution in [0.2, 0.25) is 0 Å². The van der Waals surface area contributed by atoms with Gasteiger partial charge in [0.1, 0.15) is 24.4 Å². The molecule has 2 aliphatic rings. The molecule has 4 rings (SSSR count). The fourth-order valence-corrected chi connectivity index (χ4v) is 4.35. The summed E-state index contributed by atoms with van der Waals surface area (Å²) in [6.07, 6.45) is -8.29. The highest BCUT2D eigenvalue weighted by atomic mass is 16.7. The van der Waals surface area contributed by atoms with Gasteiger partial charge in [-0.3, -0.25) is 0 Å². The lowest BCUT2D eigenvalue weighted by molar-refractivity contribution is -0.277. The Balaban J connectivity index is 1.70. The van der Waals surface area contributed by atoms with E-state index >= 15 is 0 Å². The maximum Gasteiger partial charge on any atom is 0.229 e. The number of aromatic hydroxyl groups is 1. The van der Waals surface area contributed by atoms with E-state index in [-0.39, 0.29) is 35.4 Å². The maximum atomic E-state index is 10.4. The SMILES string of the molecule is COc1cc([C@@H]2Oc3cc(CCCO)cc(O[C@@H]4O[C@H](CO)[C@@H](O)[C@H](O)[C@H]4O)c3O[C@H]2CO)ccc1O. The van der Waals surface area contributed by atoms with Crippen LogP contribution in [0, 0.1) is 0 Å². The van der Waals surface area contributed by atoms with Gasteiger partial charge in [-0.25, -0.2) is 0 Å². The van der Waals surface area contributed by atoms with Gasteiger partial charge in [-0.2, -0.15) is 0 Å². The van der Waals surface area contributed by atoms with E-state index in [4.69, 9.17) is 23.7 Å². The van der Waals surface area contributed by atoms with Crippen LogP contribution in [0.3, 0.4) is 0 Å². The van der Waals surface area contributed by atoms with Gasteiger partial charge in [-0.05, 0) is 42.7 Å². The van der Waals surface area contributed by atoms with Crippen molar-refractivity contribution in [1.29, 1.82) is 0 Å². The molecule has 0 aliphatic carbocycles. The van der Waals surface area contributed by atoms with Gasteiger partial charge in [0, 0.05) is 12.2 Å². The van der Waals surface area contributed by atoms with Crippen molar-refractivity contribution in [2.45, 2.75) is 55.8 Å². The fourth-order valence-electron chi connectivity index (χ4n) is 4.35. The first-order chi connectivity index (χ1) is 17.8. The Hall–Kier alpha value is -2.84. The van der Waals surface area contributed by atoms with E-state index in [9.17, 15) is 35.7 Å². The summed E-state index contributed by atoms with van der Waals surface area (Å²) in [4.78, 5) is 0. The van der Waals surface area contributed by atoms with Gasteiger partial charge in [0.25, 0.3) is 0 Å². The molecule has 0 amide bonds. The highest BCUT2D eigenvalue weighted by Crippen LogP contribution is 2.47. The molecule has 12 nitrogen and oxygen atoms in total. The third-order valence-corrected chi connectivity index (χ3v) is 6.37. The van der Waals surface area contributed by atoms with Crippen molar-refractivity contribution in [1.82, 2.24) is 0 Å². The zero-order chi connectivity index (χ0) is 26.7. The Bertz CT molecular complexity index is 1060. The summed E-state index contributed by atoms with van der Waals surface area (Å²) >= 11 is 0. The maximum absolute atomic E-state index is 10.4. The minimum atomic E-state index is -1.65. The minimum absolute atomic E-state index is 0.0557. The van der Waals surface area contributed by atoms with Crippen LogP contribution >= 0.6 is 0 Å². The van der Waals surface area contributed by atoms with Gasteiger partial charge in [0.2, 0.25) is 12.0 Å². The van der Waals surface area contributed by atoms with Gasteiger partial charge in [-0.15, -0.1) is 0 Å². The molecular formula is C25H32O12. The van der Waals surface area contributed by atoms with E-state index in [1.807, 2.05) is 0 Å². The number of benzene rings is 2. The molecule has 0 bridgehead atoms. The van der Waals surface area contributed by atoms with E-state index in [1.54, 1.807) is 24.3 Å². The van der Waals surface area contributed by atoms with Crippen LogP contribution in [0.25, 0.3) is 0 Å². The number of fused-ring (bicyclic) bond motifs is 1. The van der Waals surface area contributed by atoms with E-state index < -0.39 is 56.1 Å². The van der Waals surface area contributed by atoms with Gasteiger partial charge >= 0.3 is 0 Å². The average molecular weight is 525 g/mol. The Morgan fingerprint density at radius 1 is 0.865 bits per heavy atom. The van der Waals surface area contributed by atoms with Crippen molar-refractivity contribution in [2.24, 2.45) is 0 Å². The molecule has 2 aliphatic heterocycles. The van der Waals surface area contributed by atoms with Gasteiger partial charge in [0.15, 0.2) is 35.2 Å². The van der Waals surface area contributed by atoms with Crippen molar-refractivity contribution in [3.8, 4) is 28.7 Å². The number of rotatable bonds is 9. The van der Waals surface area contributed by atoms with Crippen LogP contribution in [0.15, 0.2) is 30.3 Å². The lowest BCUT2D eigenvalue weighted by Gasteiger charge is -2.40. The van der Waals surface area contributed by atoms with Crippen LogP contribution in [0.4, 0.5) is 0 Å². The van der Waals surface area contributed by atoms with E-state index in [0.717, 1.165) is 0 Å². The van der Waals surface area contributed by atoms with E-state index in [0.29, 0.717) is 24.0 Å². The molecule has 0 unspecified atom stereocenters. The molecule has 1 saturated heterocycles. The number of ether oxygens (including phenoxy) is 5. The second-order valence-corrected chi connectivity index (χ2v) is 8.87. The van der Waals surface area contributed by atoms with Gasteiger partial charge in [0.05, 0.1) is 20.3 Å².